The molecule has 2 N–H and O–H groups in total. The highest BCUT2D eigenvalue weighted by Gasteiger charge is 2.21. The summed E-state index contributed by atoms with van der Waals surface area (Å²) in [6.07, 6.45) is 3.27. The molecule has 0 aromatic heterocycles. The van der Waals surface area contributed by atoms with Gasteiger partial charge in [-0.15, -0.1) is 0 Å². The lowest BCUT2D eigenvalue weighted by molar-refractivity contribution is -0.117. The Balaban J connectivity index is 2.02. The van der Waals surface area contributed by atoms with Gasteiger partial charge in [-0.3, -0.25) is 9.69 Å². The summed E-state index contributed by atoms with van der Waals surface area (Å²) in [4.78, 5) is 14.4. The van der Waals surface area contributed by atoms with E-state index in [1.54, 1.807) is 0 Å². The molecule has 2 rings (SSSR count). The van der Waals surface area contributed by atoms with Gasteiger partial charge in [0.05, 0.1) is 22.2 Å². The van der Waals surface area contributed by atoms with Gasteiger partial charge in [-0.1, -0.05) is 11.6 Å². The van der Waals surface area contributed by atoms with Crippen molar-refractivity contribution in [3.8, 4) is 0 Å². The zero-order chi connectivity index (χ0) is 17.0. The molecule has 1 heterocycles. The first-order valence-corrected chi connectivity index (χ1v) is 9.75. The van der Waals surface area contributed by atoms with Crippen molar-refractivity contribution in [3.05, 3.63) is 23.2 Å². The van der Waals surface area contributed by atoms with E-state index in [0.29, 0.717) is 16.8 Å². The van der Waals surface area contributed by atoms with Crippen molar-refractivity contribution in [2.45, 2.75) is 23.8 Å². The molecule has 1 fully saturated rings. The highest BCUT2D eigenvalue weighted by molar-refractivity contribution is 7.90. The number of anilines is 1. The van der Waals surface area contributed by atoms with E-state index >= 15 is 0 Å². The smallest absolute Gasteiger partial charge is 0.238 e. The van der Waals surface area contributed by atoms with E-state index in [0.717, 1.165) is 32.2 Å². The van der Waals surface area contributed by atoms with E-state index in [1.807, 2.05) is 7.05 Å². The molecule has 1 aliphatic heterocycles. The van der Waals surface area contributed by atoms with Crippen molar-refractivity contribution in [3.63, 3.8) is 0 Å². The van der Waals surface area contributed by atoms with Crippen molar-refractivity contribution in [2.75, 3.05) is 38.3 Å². The van der Waals surface area contributed by atoms with Gasteiger partial charge in [-0.05, 0) is 44.6 Å². The molecule has 128 valence electrons. The van der Waals surface area contributed by atoms with Crippen LogP contribution < -0.4 is 10.6 Å². The summed E-state index contributed by atoms with van der Waals surface area (Å²) in [5.74, 6) is -0.200. The van der Waals surface area contributed by atoms with Crippen molar-refractivity contribution in [2.24, 2.45) is 0 Å². The summed E-state index contributed by atoms with van der Waals surface area (Å²) in [5.41, 5.74) is 0.321. The van der Waals surface area contributed by atoms with E-state index in [1.165, 1.54) is 18.2 Å². The Morgan fingerprint density at radius 1 is 1.43 bits per heavy atom. The maximum atomic E-state index is 12.2. The van der Waals surface area contributed by atoms with Gasteiger partial charge in [-0.25, -0.2) is 8.42 Å². The van der Waals surface area contributed by atoms with Crippen molar-refractivity contribution in [1.29, 1.82) is 0 Å². The third-order valence-electron chi connectivity index (χ3n) is 3.92. The molecule has 8 heteroatoms. The number of sulfone groups is 1. The molecule has 0 aliphatic carbocycles. The number of hydrogen-bond donors (Lipinski definition) is 2. The van der Waals surface area contributed by atoms with Crippen LogP contribution in [0.25, 0.3) is 0 Å². The molecule has 1 atom stereocenters. The average Bonchev–Trinajstić information content (AvgIpc) is 2.48. The summed E-state index contributed by atoms with van der Waals surface area (Å²) in [5, 5.41) is 6.25. The molecule has 1 unspecified atom stereocenters. The highest BCUT2D eigenvalue weighted by atomic mass is 35.5. The molecule has 6 nitrogen and oxygen atoms in total. The quantitative estimate of drug-likeness (QED) is 0.830. The number of likely N-dealkylation sites (tertiary alicyclic amines) is 1. The fraction of sp³-hybridized carbons (Fsp3) is 0.533. The molecule has 1 aromatic rings. The van der Waals surface area contributed by atoms with Crippen molar-refractivity contribution >= 4 is 33.0 Å². The van der Waals surface area contributed by atoms with E-state index in [9.17, 15) is 13.2 Å². The second-order valence-electron chi connectivity index (χ2n) is 5.82. The van der Waals surface area contributed by atoms with Crippen LogP contribution in [-0.2, 0) is 14.6 Å². The van der Waals surface area contributed by atoms with Gasteiger partial charge in [0.1, 0.15) is 0 Å². The molecule has 0 spiro atoms. The molecular weight excluding hydrogens is 338 g/mol. The fourth-order valence-corrected chi connectivity index (χ4v) is 3.47. The Morgan fingerprint density at radius 3 is 2.83 bits per heavy atom. The number of amides is 1. The number of hydrogen-bond acceptors (Lipinski definition) is 5. The van der Waals surface area contributed by atoms with E-state index in [-0.39, 0.29) is 17.3 Å². The first kappa shape index (κ1) is 18.2. The van der Waals surface area contributed by atoms with Gasteiger partial charge in [0.15, 0.2) is 9.84 Å². The summed E-state index contributed by atoms with van der Waals surface area (Å²) in [6, 6.07) is 4.69. The summed E-state index contributed by atoms with van der Waals surface area (Å²) in [7, 11) is -1.42. The van der Waals surface area contributed by atoms with Crippen LogP contribution in [-0.4, -0.2) is 58.2 Å². The highest BCUT2D eigenvalue weighted by Crippen LogP contribution is 2.25. The molecule has 0 bridgehead atoms. The van der Waals surface area contributed by atoms with Crippen LogP contribution in [0.5, 0.6) is 0 Å². The monoisotopic (exact) mass is 359 g/mol. The predicted molar refractivity (Wildman–Crippen MR) is 91.7 cm³/mol. The lowest BCUT2D eigenvalue weighted by atomic mass is 10.1. The molecular formula is C15H22ClN3O3S. The Bertz CT molecular complexity index is 679. The van der Waals surface area contributed by atoms with Crippen LogP contribution in [0.2, 0.25) is 5.02 Å². The van der Waals surface area contributed by atoms with Gasteiger partial charge in [-0.2, -0.15) is 0 Å². The normalized spacial score (nSPS) is 19.5. The van der Waals surface area contributed by atoms with Crippen LogP contribution in [0.4, 0.5) is 5.69 Å². The summed E-state index contributed by atoms with van der Waals surface area (Å²) >= 11 is 6.05. The minimum absolute atomic E-state index is 0.130. The first-order valence-electron chi connectivity index (χ1n) is 7.48. The molecule has 0 saturated carbocycles. The lowest BCUT2D eigenvalue weighted by Crippen LogP contribution is -2.46. The third kappa shape index (κ3) is 5.17. The van der Waals surface area contributed by atoms with Gasteiger partial charge in [0, 0.05) is 18.8 Å². The maximum absolute atomic E-state index is 12.2. The van der Waals surface area contributed by atoms with Gasteiger partial charge in [0.25, 0.3) is 0 Å². The maximum Gasteiger partial charge on any atom is 0.238 e. The average molecular weight is 360 g/mol. The van der Waals surface area contributed by atoms with E-state index < -0.39 is 9.84 Å². The van der Waals surface area contributed by atoms with Gasteiger partial charge in [0.2, 0.25) is 5.91 Å². The number of halogens is 1. The zero-order valence-corrected chi connectivity index (χ0v) is 14.9. The molecule has 0 radical (unpaired) electrons. The number of piperidine rings is 1. The minimum Gasteiger partial charge on any atom is -0.324 e. The van der Waals surface area contributed by atoms with Gasteiger partial charge >= 0.3 is 0 Å². The second kappa shape index (κ2) is 7.61. The zero-order valence-electron chi connectivity index (χ0n) is 13.3. The van der Waals surface area contributed by atoms with Crippen molar-refractivity contribution in [1.82, 2.24) is 10.2 Å². The summed E-state index contributed by atoms with van der Waals surface area (Å²) < 4.78 is 23.2. The largest absolute Gasteiger partial charge is 0.324 e. The molecule has 1 saturated heterocycles. The Morgan fingerprint density at radius 2 is 2.17 bits per heavy atom. The minimum atomic E-state index is -3.34. The molecule has 1 aromatic carbocycles. The van der Waals surface area contributed by atoms with E-state index in [2.05, 4.69) is 15.5 Å². The van der Waals surface area contributed by atoms with E-state index in [4.69, 9.17) is 11.6 Å². The molecule has 1 aliphatic rings. The Kier molecular flexibility index (Phi) is 6.02. The number of carbonyl (C=O) groups is 1. The standard InChI is InChI=1S/C15H22ClN3O3S/c1-17-11-4-3-7-19(9-11)10-15(20)18-14-8-12(23(2,21)22)5-6-13(14)16/h5-6,8,11,17H,3-4,7,9-10H2,1-2H3,(H,18,20). The van der Waals surface area contributed by atoms with Crippen LogP contribution in [0.15, 0.2) is 23.1 Å². The number of rotatable bonds is 5. The van der Waals surface area contributed by atoms with Gasteiger partial charge < -0.3 is 10.6 Å². The third-order valence-corrected chi connectivity index (χ3v) is 5.36. The number of nitrogens with zero attached hydrogens (tertiary/aromatic N) is 1. The SMILES string of the molecule is CNC1CCCN(CC(=O)Nc2cc(S(C)(=O)=O)ccc2Cl)C1. The van der Waals surface area contributed by atoms with Crippen molar-refractivity contribution < 1.29 is 13.2 Å². The first-order chi connectivity index (χ1) is 10.8. The van der Waals surface area contributed by atoms with Crippen LogP contribution in [0, 0.1) is 0 Å². The second-order valence-corrected chi connectivity index (χ2v) is 8.25. The number of benzene rings is 1. The Hall–Kier alpha value is -1.15. The predicted octanol–water partition coefficient (Wildman–Crippen LogP) is 1.37. The number of nitrogens with one attached hydrogen (secondary N) is 2. The number of carbonyl (C=O) groups excluding carboxylic acids is 1. The van der Waals surface area contributed by atoms with Crippen LogP contribution >= 0.6 is 11.6 Å². The molecule has 23 heavy (non-hydrogen) atoms. The molecule has 1 amide bonds. The summed E-state index contributed by atoms with van der Waals surface area (Å²) in [6.45, 7) is 1.96. The topological polar surface area (TPSA) is 78.5 Å². The number of likely N-dealkylation sites (N-methyl/N-ethyl adjacent to an activating group) is 1. The van der Waals surface area contributed by atoms with Crippen LogP contribution in [0.3, 0.4) is 0 Å². The van der Waals surface area contributed by atoms with Crippen LogP contribution in [0.1, 0.15) is 12.8 Å². The lowest BCUT2D eigenvalue weighted by Gasteiger charge is -2.31. The fourth-order valence-electron chi connectivity index (χ4n) is 2.66. The Labute approximate surface area is 142 Å².